The van der Waals surface area contributed by atoms with Crippen molar-refractivity contribution >= 4 is 16.9 Å². The van der Waals surface area contributed by atoms with Crippen LogP contribution in [0.4, 0.5) is 5.82 Å². The lowest BCUT2D eigenvalue weighted by Gasteiger charge is -2.23. The van der Waals surface area contributed by atoms with Crippen LogP contribution in [0, 0.1) is 28.6 Å². The lowest BCUT2D eigenvalue weighted by molar-refractivity contribution is 0.194. The molecule has 1 aliphatic rings. The number of rotatable bonds is 6. The standard InChI is InChI=1S/C23H22N10O/c1-14(34)19-10-27-23(18(8-25)31-19)32-7-4-15(11-32)20(2-5-24)33-12-16(9-30-33)21-17-3-6-26-22(17)29-13-28-21/h3,6,9-10,12-15,20,34H,2,4,7,11H2,1H3,(H,26,28,29)/t14?,15-,20-/m0/s1. The molecule has 5 rings (SSSR count). The van der Waals surface area contributed by atoms with Crippen molar-refractivity contribution in [3.63, 3.8) is 0 Å². The first-order valence-electron chi connectivity index (χ1n) is 11.0. The molecule has 11 nitrogen and oxygen atoms in total. The number of anilines is 1. The topological polar surface area (TPSA) is 156 Å². The van der Waals surface area contributed by atoms with Crippen molar-refractivity contribution in [2.75, 3.05) is 18.0 Å². The monoisotopic (exact) mass is 454 g/mol. The van der Waals surface area contributed by atoms with Crippen LogP contribution < -0.4 is 4.90 Å². The Morgan fingerprint density at radius 3 is 2.94 bits per heavy atom. The SMILES string of the molecule is CC(O)c1cnc(N2CC[C@H]([C@H](CC#N)n3cc(-c4ncnc5[nH]ccc45)cn3)C2)c(C#N)n1. The second-order valence-corrected chi connectivity index (χ2v) is 8.35. The summed E-state index contributed by atoms with van der Waals surface area (Å²) in [6, 6.07) is 6.18. The van der Waals surface area contributed by atoms with Crippen molar-refractivity contribution in [3.8, 4) is 23.4 Å². The van der Waals surface area contributed by atoms with E-state index in [1.54, 1.807) is 13.1 Å². The third kappa shape index (κ3) is 3.83. The Kier molecular flexibility index (Phi) is 5.62. The fourth-order valence-corrected chi connectivity index (χ4v) is 4.51. The average molecular weight is 454 g/mol. The first-order chi connectivity index (χ1) is 16.6. The summed E-state index contributed by atoms with van der Waals surface area (Å²) in [5.41, 5.74) is 2.96. The molecule has 4 aromatic heterocycles. The highest BCUT2D eigenvalue weighted by Crippen LogP contribution is 2.34. The first-order valence-corrected chi connectivity index (χ1v) is 11.0. The molecule has 2 N–H and O–H groups in total. The smallest absolute Gasteiger partial charge is 0.183 e. The number of aromatic nitrogens is 7. The number of hydrogen-bond acceptors (Lipinski definition) is 9. The molecule has 0 amide bonds. The van der Waals surface area contributed by atoms with Crippen LogP contribution in [0.1, 0.15) is 43.3 Å². The van der Waals surface area contributed by atoms with Gasteiger partial charge in [-0.25, -0.2) is 19.9 Å². The maximum Gasteiger partial charge on any atom is 0.183 e. The predicted molar refractivity (Wildman–Crippen MR) is 122 cm³/mol. The van der Waals surface area contributed by atoms with E-state index in [0.717, 1.165) is 28.7 Å². The number of nitriles is 2. The van der Waals surface area contributed by atoms with Crippen molar-refractivity contribution < 1.29 is 5.11 Å². The zero-order valence-electron chi connectivity index (χ0n) is 18.5. The highest BCUT2D eigenvalue weighted by molar-refractivity contribution is 5.89. The minimum Gasteiger partial charge on any atom is -0.387 e. The van der Waals surface area contributed by atoms with Crippen molar-refractivity contribution in [2.45, 2.75) is 31.9 Å². The molecular formula is C23H22N10O. The van der Waals surface area contributed by atoms with Crippen LogP contribution in [0.5, 0.6) is 0 Å². The lowest BCUT2D eigenvalue weighted by atomic mass is 9.96. The van der Waals surface area contributed by atoms with Crippen LogP contribution in [0.2, 0.25) is 0 Å². The minimum absolute atomic E-state index is 0.134. The molecule has 1 fully saturated rings. The van der Waals surface area contributed by atoms with E-state index in [0.29, 0.717) is 31.0 Å². The largest absolute Gasteiger partial charge is 0.387 e. The van der Waals surface area contributed by atoms with Gasteiger partial charge in [0.2, 0.25) is 0 Å². The number of aliphatic hydroxyl groups excluding tert-OH is 1. The third-order valence-electron chi connectivity index (χ3n) is 6.24. The third-order valence-corrected chi connectivity index (χ3v) is 6.24. The number of fused-ring (bicyclic) bond motifs is 1. The summed E-state index contributed by atoms with van der Waals surface area (Å²) in [7, 11) is 0. The number of aromatic amines is 1. The van der Waals surface area contributed by atoms with Crippen LogP contribution in [-0.4, -0.2) is 52.9 Å². The summed E-state index contributed by atoms with van der Waals surface area (Å²) in [5, 5.41) is 34.3. The summed E-state index contributed by atoms with van der Waals surface area (Å²) in [6.45, 7) is 2.90. The zero-order chi connectivity index (χ0) is 23.7. The Morgan fingerprint density at radius 2 is 2.15 bits per heavy atom. The van der Waals surface area contributed by atoms with Gasteiger partial charge in [-0.3, -0.25) is 4.68 Å². The van der Waals surface area contributed by atoms with Crippen LogP contribution in [0.25, 0.3) is 22.3 Å². The Balaban J connectivity index is 1.40. The second kappa shape index (κ2) is 8.89. The summed E-state index contributed by atoms with van der Waals surface area (Å²) in [4.78, 5) is 22.4. The Morgan fingerprint density at radius 1 is 1.26 bits per heavy atom. The number of aliphatic hydroxyl groups is 1. The van der Waals surface area contributed by atoms with E-state index in [1.807, 2.05) is 28.0 Å². The van der Waals surface area contributed by atoms with Gasteiger partial charge in [-0.1, -0.05) is 0 Å². The minimum atomic E-state index is -0.795. The number of hydrogen-bond donors (Lipinski definition) is 2. The van der Waals surface area contributed by atoms with Gasteiger partial charge in [0.25, 0.3) is 0 Å². The van der Waals surface area contributed by atoms with E-state index in [4.69, 9.17) is 0 Å². The van der Waals surface area contributed by atoms with E-state index in [1.165, 1.54) is 12.5 Å². The second-order valence-electron chi connectivity index (χ2n) is 8.35. The summed E-state index contributed by atoms with van der Waals surface area (Å²) in [5.74, 6) is 0.636. The van der Waals surface area contributed by atoms with Crippen molar-refractivity contribution in [1.29, 1.82) is 10.5 Å². The predicted octanol–water partition coefficient (Wildman–Crippen LogP) is 2.52. The molecule has 5 heterocycles. The highest BCUT2D eigenvalue weighted by atomic mass is 16.3. The van der Waals surface area contributed by atoms with Gasteiger partial charge in [-0.15, -0.1) is 0 Å². The Labute approximate surface area is 195 Å². The maximum atomic E-state index is 9.75. The Bertz CT molecular complexity index is 1410. The molecule has 0 bridgehead atoms. The lowest BCUT2D eigenvalue weighted by Crippen LogP contribution is -2.26. The molecule has 0 aromatic carbocycles. The molecule has 0 spiro atoms. The fraction of sp³-hybridized carbons (Fsp3) is 0.348. The number of nitrogens with zero attached hydrogens (tertiary/aromatic N) is 9. The van der Waals surface area contributed by atoms with Gasteiger partial charge in [-0.05, 0) is 19.4 Å². The van der Waals surface area contributed by atoms with Crippen LogP contribution in [0.3, 0.4) is 0 Å². The summed E-state index contributed by atoms with van der Waals surface area (Å²) in [6.07, 6.45) is 8.87. The van der Waals surface area contributed by atoms with Crippen molar-refractivity contribution in [1.82, 2.24) is 34.7 Å². The molecule has 4 aromatic rings. The molecule has 34 heavy (non-hydrogen) atoms. The summed E-state index contributed by atoms with van der Waals surface area (Å²) < 4.78 is 1.85. The molecule has 0 radical (unpaired) electrons. The summed E-state index contributed by atoms with van der Waals surface area (Å²) >= 11 is 0. The van der Waals surface area contributed by atoms with Crippen LogP contribution in [0.15, 0.2) is 37.2 Å². The van der Waals surface area contributed by atoms with Gasteiger partial charge in [-0.2, -0.15) is 15.6 Å². The van der Waals surface area contributed by atoms with Crippen LogP contribution in [-0.2, 0) is 0 Å². The van der Waals surface area contributed by atoms with Crippen LogP contribution >= 0.6 is 0 Å². The van der Waals surface area contributed by atoms with E-state index in [2.05, 4.69) is 42.2 Å². The van der Waals surface area contributed by atoms with Gasteiger partial charge >= 0.3 is 0 Å². The molecule has 1 saturated heterocycles. The van der Waals surface area contributed by atoms with Gasteiger partial charge in [0.1, 0.15) is 18.0 Å². The highest BCUT2D eigenvalue weighted by Gasteiger charge is 2.33. The molecule has 0 saturated carbocycles. The molecular weight excluding hydrogens is 432 g/mol. The van der Waals surface area contributed by atoms with Crippen molar-refractivity contribution in [3.05, 3.63) is 48.6 Å². The Hall–Kier alpha value is -4.35. The van der Waals surface area contributed by atoms with E-state index < -0.39 is 6.10 Å². The van der Waals surface area contributed by atoms with E-state index in [9.17, 15) is 15.6 Å². The molecule has 1 aliphatic heterocycles. The number of H-pyrrole nitrogens is 1. The molecule has 11 heteroatoms. The first kappa shape index (κ1) is 21.5. The van der Waals surface area contributed by atoms with Gasteiger partial charge in [0.05, 0.1) is 48.4 Å². The van der Waals surface area contributed by atoms with E-state index >= 15 is 0 Å². The number of nitrogens with one attached hydrogen (secondary N) is 1. The van der Waals surface area contributed by atoms with E-state index in [-0.39, 0.29) is 17.7 Å². The molecule has 1 unspecified atom stereocenters. The van der Waals surface area contributed by atoms with Gasteiger partial charge < -0.3 is 15.0 Å². The quantitative estimate of drug-likeness (QED) is 0.447. The fourth-order valence-electron chi connectivity index (χ4n) is 4.51. The van der Waals surface area contributed by atoms with Gasteiger partial charge in [0, 0.05) is 42.4 Å². The molecule has 0 aliphatic carbocycles. The molecule has 170 valence electrons. The maximum absolute atomic E-state index is 9.75. The zero-order valence-corrected chi connectivity index (χ0v) is 18.5. The van der Waals surface area contributed by atoms with Gasteiger partial charge in [0.15, 0.2) is 11.5 Å². The normalized spacial score (nSPS) is 17.4. The average Bonchev–Trinajstić information content (AvgIpc) is 3.62. The van der Waals surface area contributed by atoms with Crippen molar-refractivity contribution in [2.24, 2.45) is 5.92 Å². The molecule has 3 atom stereocenters.